The Labute approximate surface area is 184 Å². The first-order chi connectivity index (χ1) is 13.9. The van der Waals surface area contributed by atoms with Crippen molar-refractivity contribution in [3.05, 3.63) is 63.5 Å². The fourth-order valence-corrected chi connectivity index (χ4v) is 6.37. The summed E-state index contributed by atoms with van der Waals surface area (Å²) in [6.45, 7) is 3.93. The van der Waals surface area contributed by atoms with E-state index in [1.54, 1.807) is 23.5 Å². The lowest BCUT2D eigenvalue weighted by atomic mass is 10.1. The number of nitrogens with zero attached hydrogens (tertiary/aromatic N) is 3. The second kappa shape index (κ2) is 8.24. The number of hydrogen-bond donors (Lipinski definition) is 0. The normalized spacial score (nSPS) is 15.6. The molecule has 0 radical (unpaired) electrons. The molecule has 4 rings (SSSR count). The van der Waals surface area contributed by atoms with Gasteiger partial charge in [-0.05, 0) is 24.6 Å². The predicted octanol–water partition coefficient (Wildman–Crippen LogP) is 4.94. The zero-order chi connectivity index (χ0) is 20.6. The van der Waals surface area contributed by atoms with E-state index in [0.717, 1.165) is 16.4 Å². The molecule has 0 N–H and O–H groups in total. The largest absolute Gasteiger partial charge is 0.345 e. The molecule has 0 atom stereocenters. The maximum atomic E-state index is 13.0. The van der Waals surface area contributed by atoms with Gasteiger partial charge in [-0.25, -0.2) is 13.4 Å². The van der Waals surface area contributed by atoms with E-state index < -0.39 is 10.0 Å². The molecule has 5 nitrogen and oxygen atoms in total. The summed E-state index contributed by atoms with van der Waals surface area (Å²) in [6.07, 6.45) is 0. The van der Waals surface area contributed by atoms with Gasteiger partial charge in [0.25, 0.3) is 0 Å². The zero-order valence-corrected chi connectivity index (χ0v) is 18.8. The number of benzene rings is 2. The fourth-order valence-electron chi connectivity index (χ4n) is 3.34. The van der Waals surface area contributed by atoms with Gasteiger partial charge in [-0.3, -0.25) is 0 Å². The molecule has 1 aliphatic heterocycles. The highest BCUT2D eigenvalue weighted by molar-refractivity contribution is 7.89. The molecule has 0 saturated carbocycles. The van der Waals surface area contributed by atoms with Crippen molar-refractivity contribution in [1.29, 1.82) is 0 Å². The Hall–Kier alpha value is -1.64. The Morgan fingerprint density at radius 3 is 2.45 bits per heavy atom. The van der Waals surface area contributed by atoms with Crippen LogP contribution in [-0.4, -0.2) is 43.9 Å². The molecule has 1 fully saturated rings. The van der Waals surface area contributed by atoms with E-state index in [9.17, 15) is 8.42 Å². The summed E-state index contributed by atoms with van der Waals surface area (Å²) in [5.41, 5.74) is 3.24. The molecule has 2 aromatic carbocycles. The Morgan fingerprint density at radius 1 is 1.00 bits per heavy atom. The molecular weight excluding hydrogens is 449 g/mol. The van der Waals surface area contributed by atoms with Crippen LogP contribution >= 0.6 is 34.5 Å². The van der Waals surface area contributed by atoms with Gasteiger partial charge in [-0.2, -0.15) is 4.31 Å². The van der Waals surface area contributed by atoms with Crippen LogP contribution in [-0.2, 0) is 10.0 Å². The molecule has 1 aliphatic rings. The van der Waals surface area contributed by atoms with Gasteiger partial charge in [0.2, 0.25) is 10.0 Å². The molecule has 1 aromatic heterocycles. The van der Waals surface area contributed by atoms with E-state index in [1.165, 1.54) is 15.9 Å². The Balaban J connectivity index is 1.49. The van der Waals surface area contributed by atoms with Crippen molar-refractivity contribution in [3.8, 4) is 11.3 Å². The molecule has 0 unspecified atom stereocenters. The Morgan fingerprint density at radius 2 is 1.72 bits per heavy atom. The summed E-state index contributed by atoms with van der Waals surface area (Å²) in [7, 11) is -3.69. The number of anilines is 1. The minimum absolute atomic E-state index is 0.0520. The minimum Gasteiger partial charge on any atom is -0.345 e. The molecule has 0 aliphatic carbocycles. The first-order valence-electron chi connectivity index (χ1n) is 9.08. The summed E-state index contributed by atoms with van der Waals surface area (Å²) in [5.74, 6) is 0. The summed E-state index contributed by atoms with van der Waals surface area (Å²) in [5, 5.41) is 3.25. The smallest absolute Gasteiger partial charge is 0.244 e. The van der Waals surface area contributed by atoms with E-state index in [1.807, 2.05) is 17.5 Å². The van der Waals surface area contributed by atoms with Gasteiger partial charge in [0.1, 0.15) is 4.90 Å². The number of thiazole rings is 1. The molecule has 9 heteroatoms. The van der Waals surface area contributed by atoms with Gasteiger partial charge in [0, 0.05) is 37.1 Å². The zero-order valence-electron chi connectivity index (χ0n) is 15.7. The lowest BCUT2D eigenvalue weighted by Gasteiger charge is -2.34. The quantitative estimate of drug-likeness (QED) is 0.545. The van der Waals surface area contributed by atoms with Gasteiger partial charge in [0.05, 0.1) is 15.7 Å². The van der Waals surface area contributed by atoms with Crippen LogP contribution in [0.15, 0.2) is 52.7 Å². The van der Waals surface area contributed by atoms with E-state index in [-0.39, 0.29) is 14.9 Å². The van der Waals surface area contributed by atoms with E-state index in [0.29, 0.717) is 26.2 Å². The van der Waals surface area contributed by atoms with E-state index >= 15 is 0 Å². The third-order valence-corrected chi connectivity index (χ3v) is 8.73. The van der Waals surface area contributed by atoms with Gasteiger partial charge in [-0.15, -0.1) is 11.3 Å². The highest BCUT2D eigenvalue weighted by atomic mass is 35.5. The van der Waals surface area contributed by atoms with Gasteiger partial charge in [-0.1, -0.05) is 53.5 Å². The van der Waals surface area contributed by atoms with Crippen molar-refractivity contribution < 1.29 is 8.42 Å². The molecule has 152 valence electrons. The highest BCUT2D eigenvalue weighted by Gasteiger charge is 2.31. The van der Waals surface area contributed by atoms with Crippen molar-refractivity contribution in [1.82, 2.24) is 9.29 Å². The van der Waals surface area contributed by atoms with Crippen molar-refractivity contribution in [2.45, 2.75) is 11.8 Å². The van der Waals surface area contributed by atoms with Gasteiger partial charge < -0.3 is 4.90 Å². The van der Waals surface area contributed by atoms with Crippen LogP contribution in [0.25, 0.3) is 11.3 Å². The van der Waals surface area contributed by atoms with Crippen LogP contribution < -0.4 is 4.90 Å². The molecule has 2 heterocycles. The SMILES string of the molecule is Cc1ccccc1-c1csc(N2CCN(S(=O)(=O)c3cccc(Cl)c3Cl)CC2)n1. The number of hydrogen-bond acceptors (Lipinski definition) is 5. The Bertz CT molecular complexity index is 1140. The van der Waals surface area contributed by atoms with Crippen molar-refractivity contribution in [3.63, 3.8) is 0 Å². The van der Waals surface area contributed by atoms with Gasteiger partial charge in [0.15, 0.2) is 5.13 Å². The lowest BCUT2D eigenvalue weighted by Crippen LogP contribution is -2.48. The number of rotatable bonds is 4. The van der Waals surface area contributed by atoms with Crippen molar-refractivity contribution in [2.24, 2.45) is 0 Å². The average Bonchev–Trinajstić information content (AvgIpc) is 3.20. The molecule has 29 heavy (non-hydrogen) atoms. The van der Waals surface area contributed by atoms with Crippen LogP contribution in [0.2, 0.25) is 10.0 Å². The van der Waals surface area contributed by atoms with Crippen molar-refractivity contribution in [2.75, 3.05) is 31.1 Å². The second-order valence-electron chi connectivity index (χ2n) is 6.77. The lowest BCUT2D eigenvalue weighted by molar-refractivity contribution is 0.385. The Kier molecular flexibility index (Phi) is 5.86. The summed E-state index contributed by atoms with van der Waals surface area (Å²) >= 11 is 13.7. The van der Waals surface area contributed by atoms with Crippen LogP contribution in [0.1, 0.15) is 5.56 Å². The highest BCUT2D eigenvalue weighted by Crippen LogP contribution is 2.33. The topological polar surface area (TPSA) is 53.5 Å². The van der Waals surface area contributed by atoms with Crippen molar-refractivity contribution >= 4 is 49.7 Å². The second-order valence-corrected chi connectivity index (χ2v) is 10.3. The predicted molar refractivity (Wildman–Crippen MR) is 120 cm³/mol. The van der Waals surface area contributed by atoms with E-state index in [2.05, 4.69) is 24.0 Å². The van der Waals surface area contributed by atoms with Crippen LogP contribution in [0.4, 0.5) is 5.13 Å². The number of aryl methyl sites for hydroxylation is 1. The number of halogens is 2. The summed E-state index contributed by atoms with van der Waals surface area (Å²) in [6, 6.07) is 12.8. The third-order valence-electron chi connectivity index (χ3n) is 4.96. The molecular formula is C20H19Cl2N3O2S2. The monoisotopic (exact) mass is 467 g/mol. The number of piperazine rings is 1. The average molecular weight is 468 g/mol. The number of aromatic nitrogens is 1. The van der Waals surface area contributed by atoms with Crippen LogP contribution in [0, 0.1) is 6.92 Å². The molecule has 0 amide bonds. The minimum atomic E-state index is -3.69. The molecule has 0 spiro atoms. The maximum absolute atomic E-state index is 13.0. The first-order valence-corrected chi connectivity index (χ1v) is 12.2. The molecule has 1 saturated heterocycles. The standard InChI is InChI=1S/C20H19Cl2N3O2S2/c1-14-5-2-3-6-15(14)17-13-28-20(23-17)24-9-11-25(12-10-24)29(26,27)18-8-4-7-16(21)19(18)22/h2-8,13H,9-12H2,1H3. The van der Waals surface area contributed by atoms with Crippen LogP contribution in [0.5, 0.6) is 0 Å². The third kappa shape index (κ3) is 4.02. The fraction of sp³-hybridized carbons (Fsp3) is 0.250. The van der Waals surface area contributed by atoms with E-state index in [4.69, 9.17) is 28.2 Å². The first kappa shape index (κ1) is 20.6. The van der Waals surface area contributed by atoms with Gasteiger partial charge >= 0.3 is 0 Å². The summed E-state index contributed by atoms with van der Waals surface area (Å²) in [4.78, 5) is 6.95. The molecule has 3 aromatic rings. The molecule has 0 bridgehead atoms. The maximum Gasteiger partial charge on any atom is 0.244 e. The summed E-state index contributed by atoms with van der Waals surface area (Å²) < 4.78 is 27.4. The van der Waals surface area contributed by atoms with Crippen LogP contribution in [0.3, 0.4) is 0 Å². The number of sulfonamides is 1.